The summed E-state index contributed by atoms with van der Waals surface area (Å²) in [6.07, 6.45) is -3.40. The van der Waals surface area contributed by atoms with Crippen LogP contribution in [-0.2, 0) is 10.9 Å². The number of alkyl halides is 3. The van der Waals surface area contributed by atoms with Gasteiger partial charge in [0, 0.05) is 45.5 Å². The number of guanidine groups is 1. The lowest BCUT2D eigenvalue weighted by atomic mass is 10.4. The van der Waals surface area contributed by atoms with Crippen molar-refractivity contribution in [3.63, 3.8) is 0 Å². The van der Waals surface area contributed by atoms with Gasteiger partial charge in [-0.25, -0.2) is 9.97 Å². The second kappa shape index (κ2) is 12.9. The minimum atomic E-state index is -4.48. The molecular formula is C16H27F3IN7O. The Labute approximate surface area is 179 Å². The van der Waals surface area contributed by atoms with Crippen molar-refractivity contribution >= 4 is 35.9 Å². The van der Waals surface area contributed by atoms with Crippen molar-refractivity contribution in [1.82, 2.24) is 25.5 Å². The van der Waals surface area contributed by atoms with Gasteiger partial charge >= 0.3 is 6.18 Å². The standard InChI is InChI=1S/C16H26F3N7O.HI/c1-2-20-14(24-7-8-26-9-11-27-12-10-26)22-5-6-23-15-21-4-3-13(25-15)16(17,18)19;/h3-4H,2,5-12H2,1H3,(H2,20,22,24)(H,21,23,25);1H. The maximum atomic E-state index is 12.6. The molecule has 1 aromatic rings. The fraction of sp³-hybridized carbons (Fsp3) is 0.688. The number of hydrogen-bond donors (Lipinski definition) is 3. The van der Waals surface area contributed by atoms with Crippen molar-refractivity contribution in [2.75, 3.05) is 64.3 Å². The monoisotopic (exact) mass is 517 g/mol. The van der Waals surface area contributed by atoms with Crippen molar-refractivity contribution in [2.24, 2.45) is 4.99 Å². The molecule has 2 rings (SSSR count). The summed E-state index contributed by atoms with van der Waals surface area (Å²) in [5.41, 5.74) is -0.967. The van der Waals surface area contributed by atoms with Gasteiger partial charge in [-0.3, -0.25) is 9.89 Å². The molecule has 12 heteroatoms. The van der Waals surface area contributed by atoms with Gasteiger partial charge in [-0.2, -0.15) is 13.2 Å². The Morgan fingerprint density at radius 1 is 1.25 bits per heavy atom. The number of ether oxygens (including phenoxy) is 1. The molecule has 160 valence electrons. The summed E-state index contributed by atoms with van der Waals surface area (Å²) in [5.74, 6) is 0.610. The molecular weight excluding hydrogens is 490 g/mol. The van der Waals surface area contributed by atoms with E-state index in [2.05, 4.69) is 35.8 Å². The average molecular weight is 517 g/mol. The normalized spacial score (nSPS) is 15.6. The van der Waals surface area contributed by atoms with Crippen LogP contribution in [0.5, 0.6) is 0 Å². The van der Waals surface area contributed by atoms with E-state index in [0.717, 1.165) is 45.1 Å². The van der Waals surface area contributed by atoms with Gasteiger partial charge in [0.05, 0.1) is 19.8 Å². The highest BCUT2D eigenvalue weighted by Crippen LogP contribution is 2.27. The van der Waals surface area contributed by atoms with Crippen LogP contribution in [0.4, 0.5) is 19.1 Å². The number of aliphatic imine (C=N–C) groups is 1. The molecule has 0 aliphatic carbocycles. The Bertz CT molecular complexity index is 598. The molecule has 0 atom stereocenters. The number of hydrogen-bond acceptors (Lipinski definition) is 6. The molecule has 1 saturated heterocycles. The van der Waals surface area contributed by atoms with E-state index in [-0.39, 0.29) is 29.9 Å². The number of halogens is 4. The van der Waals surface area contributed by atoms with Crippen LogP contribution >= 0.6 is 24.0 Å². The molecule has 0 amide bonds. The number of rotatable bonds is 8. The summed E-state index contributed by atoms with van der Waals surface area (Å²) in [4.78, 5) is 14.1. The Morgan fingerprint density at radius 3 is 2.68 bits per heavy atom. The Balaban J connectivity index is 0.00000392. The molecule has 0 saturated carbocycles. The number of nitrogens with zero attached hydrogens (tertiary/aromatic N) is 4. The summed E-state index contributed by atoms with van der Waals surface area (Å²) >= 11 is 0. The van der Waals surface area contributed by atoms with Gasteiger partial charge in [0.25, 0.3) is 0 Å². The van der Waals surface area contributed by atoms with Crippen molar-refractivity contribution < 1.29 is 17.9 Å². The van der Waals surface area contributed by atoms with Gasteiger partial charge in [0.2, 0.25) is 5.95 Å². The number of aromatic nitrogens is 2. The molecule has 8 nitrogen and oxygen atoms in total. The van der Waals surface area contributed by atoms with E-state index in [1.165, 1.54) is 0 Å². The first-order valence-corrected chi connectivity index (χ1v) is 8.95. The first-order chi connectivity index (χ1) is 13.0. The Hall–Kier alpha value is -1.41. The van der Waals surface area contributed by atoms with E-state index in [4.69, 9.17) is 4.74 Å². The molecule has 0 bridgehead atoms. The van der Waals surface area contributed by atoms with E-state index in [1.807, 2.05) is 6.92 Å². The van der Waals surface area contributed by atoms with Crippen LogP contribution in [0.25, 0.3) is 0 Å². The Kier molecular flexibility index (Phi) is 11.4. The topological polar surface area (TPSA) is 86.7 Å². The predicted molar refractivity (Wildman–Crippen MR) is 112 cm³/mol. The van der Waals surface area contributed by atoms with E-state index in [0.29, 0.717) is 32.1 Å². The number of nitrogens with one attached hydrogen (secondary N) is 3. The highest BCUT2D eigenvalue weighted by atomic mass is 127. The molecule has 1 aromatic heterocycles. The maximum Gasteiger partial charge on any atom is 0.433 e. The maximum absolute atomic E-state index is 12.6. The summed E-state index contributed by atoms with van der Waals surface area (Å²) in [7, 11) is 0. The minimum Gasteiger partial charge on any atom is -0.379 e. The summed E-state index contributed by atoms with van der Waals surface area (Å²) in [6, 6.07) is 0.841. The molecule has 1 aliphatic heterocycles. The lowest BCUT2D eigenvalue weighted by molar-refractivity contribution is -0.141. The third-order valence-corrected chi connectivity index (χ3v) is 3.78. The van der Waals surface area contributed by atoms with Gasteiger partial charge in [0.1, 0.15) is 5.69 Å². The largest absolute Gasteiger partial charge is 0.433 e. The molecule has 3 N–H and O–H groups in total. The molecule has 0 spiro atoms. The quantitative estimate of drug-likeness (QED) is 0.208. The fourth-order valence-corrected chi connectivity index (χ4v) is 2.43. The zero-order valence-corrected chi connectivity index (χ0v) is 18.1. The molecule has 2 heterocycles. The Morgan fingerprint density at radius 2 is 2.00 bits per heavy atom. The van der Waals surface area contributed by atoms with E-state index in [9.17, 15) is 13.2 Å². The highest BCUT2D eigenvalue weighted by molar-refractivity contribution is 14.0. The zero-order valence-electron chi connectivity index (χ0n) is 15.8. The highest BCUT2D eigenvalue weighted by Gasteiger charge is 2.32. The minimum absolute atomic E-state index is 0. The molecule has 28 heavy (non-hydrogen) atoms. The third kappa shape index (κ3) is 9.19. The van der Waals surface area contributed by atoms with Crippen molar-refractivity contribution in [3.8, 4) is 0 Å². The second-order valence-corrected chi connectivity index (χ2v) is 5.83. The van der Waals surface area contributed by atoms with Crippen molar-refractivity contribution in [2.45, 2.75) is 13.1 Å². The molecule has 1 aliphatic rings. The molecule has 0 radical (unpaired) electrons. The van der Waals surface area contributed by atoms with Crippen LogP contribution < -0.4 is 16.0 Å². The summed E-state index contributed by atoms with van der Waals surface area (Å²) in [5, 5.41) is 9.04. The average Bonchev–Trinajstić information content (AvgIpc) is 2.65. The third-order valence-electron chi connectivity index (χ3n) is 3.78. The van der Waals surface area contributed by atoms with Gasteiger partial charge in [-0.05, 0) is 13.0 Å². The summed E-state index contributed by atoms with van der Waals surface area (Å²) in [6.45, 7) is 8.35. The van der Waals surface area contributed by atoms with Crippen LogP contribution in [0.15, 0.2) is 17.3 Å². The first kappa shape index (κ1) is 24.6. The number of anilines is 1. The molecule has 1 fully saturated rings. The zero-order chi connectivity index (χ0) is 19.5. The van der Waals surface area contributed by atoms with Gasteiger partial charge in [-0.15, -0.1) is 24.0 Å². The lowest BCUT2D eigenvalue weighted by Gasteiger charge is -2.25. The predicted octanol–water partition coefficient (Wildman–Crippen LogP) is 1.41. The number of morpholine rings is 1. The summed E-state index contributed by atoms with van der Waals surface area (Å²) < 4.78 is 43.2. The molecule has 0 unspecified atom stereocenters. The SMILES string of the molecule is CCNC(=NCCN1CCOCC1)NCCNc1nccc(C(F)(F)F)n1.I. The van der Waals surface area contributed by atoms with Crippen LogP contribution in [0.3, 0.4) is 0 Å². The first-order valence-electron chi connectivity index (χ1n) is 8.95. The van der Waals surface area contributed by atoms with E-state index < -0.39 is 11.9 Å². The molecule has 0 aromatic carbocycles. The fourth-order valence-electron chi connectivity index (χ4n) is 2.43. The van der Waals surface area contributed by atoms with E-state index >= 15 is 0 Å². The van der Waals surface area contributed by atoms with Crippen molar-refractivity contribution in [1.29, 1.82) is 0 Å². The van der Waals surface area contributed by atoms with Gasteiger partial charge in [-0.1, -0.05) is 0 Å². The van der Waals surface area contributed by atoms with Crippen molar-refractivity contribution in [3.05, 3.63) is 18.0 Å². The van der Waals surface area contributed by atoms with Gasteiger partial charge < -0.3 is 20.7 Å². The lowest BCUT2D eigenvalue weighted by Crippen LogP contribution is -2.41. The van der Waals surface area contributed by atoms with Crippen LogP contribution in [0, 0.1) is 0 Å². The van der Waals surface area contributed by atoms with Crippen LogP contribution in [0.1, 0.15) is 12.6 Å². The van der Waals surface area contributed by atoms with E-state index in [1.54, 1.807) is 0 Å². The smallest absolute Gasteiger partial charge is 0.379 e. The second-order valence-electron chi connectivity index (χ2n) is 5.83. The van der Waals surface area contributed by atoms with Crippen LogP contribution in [-0.4, -0.2) is 79.9 Å². The van der Waals surface area contributed by atoms with Crippen LogP contribution in [0.2, 0.25) is 0 Å². The van der Waals surface area contributed by atoms with Gasteiger partial charge in [0.15, 0.2) is 5.96 Å².